The fourth-order valence-corrected chi connectivity index (χ4v) is 5.68. The van der Waals surface area contributed by atoms with Gasteiger partial charge in [-0.3, -0.25) is 15.1 Å². The Hall–Kier alpha value is -3.40. The molecule has 1 amide bonds. The molecule has 0 aliphatic carbocycles. The van der Waals surface area contributed by atoms with Crippen LogP contribution in [-0.2, 0) is 16.6 Å². The van der Waals surface area contributed by atoms with Crippen molar-refractivity contribution < 1.29 is 13.2 Å². The lowest BCUT2D eigenvalue weighted by molar-refractivity contribution is 0.102. The minimum Gasteiger partial charge on any atom is -0.298 e. The van der Waals surface area contributed by atoms with E-state index in [-0.39, 0.29) is 23.4 Å². The second kappa shape index (κ2) is 10.3. The van der Waals surface area contributed by atoms with Crippen LogP contribution in [0, 0.1) is 0 Å². The van der Waals surface area contributed by atoms with Crippen LogP contribution >= 0.6 is 11.3 Å². The van der Waals surface area contributed by atoms with Gasteiger partial charge in [0.15, 0.2) is 5.13 Å². The molecule has 0 aliphatic rings. The summed E-state index contributed by atoms with van der Waals surface area (Å²) in [6, 6.07) is 20.7. The zero-order valence-corrected chi connectivity index (χ0v) is 20.4. The van der Waals surface area contributed by atoms with E-state index in [4.69, 9.17) is 0 Å². The van der Waals surface area contributed by atoms with E-state index in [2.05, 4.69) is 15.3 Å². The van der Waals surface area contributed by atoms with Crippen molar-refractivity contribution in [1.29, 1.82) is 0 Å². The monoisotopic (exact) mass is 492 g/mol. The molecule has 9 heteroatoms. The van der Waals surface area contributed by atoms with Crippen LogP contribution in [0.1, 0.15) is 29.8 Å². The first kappa shape index (κ1) is 23.7. The van der Waals surface area contributed by atoms with Gasteiger partial charge >= 0.3 is 0 Å². The Bertz CT molecular complexity index is 1350. The second-order valence-electron chi connectivity index (χ2n) is 7.86. The Labute approximate surface area is 203 Å². The fraction of sp³-hybridized carbons (Fsp3) is 0.160. The Morgan fingerprint density at radius 2 is 1.68 bits per heavy atom. The summed E-state index contributed by atoms with van der Waals surface area (Å²) in [5, 5.41) is 5.02. The van der Waals surface area contributed by atoms with Gasteiger partial charge in [0.1, 0.15) is 5.69 Å². The van der Waals surface area contributed by atoms with E-state index in [0.29, 0.717) is 16.4 Å². The van der Waals surface area contributed by atoms with Crippen molar-refractivity contribution in [3.63, 3.8) is 0 Å². The maximum absolute atomic E-state index is 13.3. The molecule has 2 aromatic heterocycles. The number of aromatic nitrogens is 2. The molecule has 0 atom stereocenters. The molecule has 7 nitrogen and oxygen atoms in total. The number of sulfonamides is 1. The summed E-state index contributed by atoms with van der Waals surface area (Å²) in [6.45, 7) is 3.96. The highest BCUT2D eigenvalue weighted by atomic mass is 32.2. The number of anilines is 1. The Balaban J connectivity index is 1.48. The van der Waals surface area contributed by atoms with E-state index < -0.39 is 10.0 Å². The van der Waals surface area contributed by atoms with Crippen LogP contribution in [0.5, 0.6) is 0 Å². The SMILES string of the molecule is CC(C)N(Cc1ccccc1)S(=O)(=O)c1ccc(C(=O)Nc2nc(-c3ccccn3)cs2)cc1. The summed E-state index contributed by atoms with van der Waals surface area (Å²) in [6.07, 6.45) is 1.68. The molecule has 0 saturated carbocycles. The number of carbonyl (C=O) groups is 1. The molecule has 1 N–H and O–H groups in total. The van der Waals surface area contributed by atoms with Crippen LogP contribution in [0.2, 0.25) is 0 Å². The highest BCUT2D eigenvalue weighted by molar-refractivity contribution is 7.89. The highest BCUT2D eigenvalue weighted by Gasteiger charge is 2.27. The van der Waals surface area contributed by atoms with Crippen LogP contribution in [0.25, 0.3) is 11.4 Å². The smallest absolute Gasteiger partial charge is 0.257 e. The number of benzene rings is 2. The number of nitrogens with zero attached hydrogens (tertiary/aromatic N) is 3. The van der Waals surface area contributed by atoms with Crippen molar-refractivity contribution in [2.24, 2.45) is 0 Å². The van der Waals surface area contributed by atoms with Crippen molar-refractivity contribution in [2.45, 2.75) is 31.3 Å². The van der Waals surface area contributed by atoms with Gasteiger partial charge in [-0.05, 0) is 55.8 Å². The van der Waals surface area contributed by atoms with E-state index in [1.165, 1.54) is 39.9 Å². The number of rotatable bonds is 8. The number of pyridine rings is 1. The third kappa shape index (κ3) is 5.39. The number of thiazole rings is 1. The van der Waals surface area contributed by atoms with Crippen LogP contribution < -0.4 is 5.32 Å². The Morgan fingerprint density at radius 3 is 2.32 bits per heavy atom. The van der Waals surface area contributed by atoms with E-state index in [0.717, 1.165) is 11.3 Å². The number of nitrogens with one attached hydrogen (secondary N) is 1. The molecule has 34 heavy (non-hydrogen) atoms. The fourth-order valence-electron chi connectivity index (χ4n) is 3.35. The van der Waals surface area contributed by atoms with E-state index >= 15 is 0 Å². The van der Waals surface area contributed by atoms with Crippen molar-refractivity contribution in [3.05, 3.63) is 95.5 Å². The van der Waals surface area contributed by atoms with Crippen LogP contribution in [0.15, 0.2) is 89.3 Å². The molecule has 4 rings (SSSR count). The molecule has 0 radical (unpaired) electrons. The summed E-state index contributed by atoms with van der Waals surface area (Å²) < 4.78 is 28.0. The lowest BCUT2D eigenvalue weighted by Crippen LogP contribution is -2.36. The maximum atomic E-state index is 13.3. The van der Waals surface area contributed by atoms with Gasteiger partial charge in [0.05, 0.1) is 10.6 Å². The van der Waals surface area contributed by atoms with Gasteiger partial charge in [0.2, 0.25) is 10.0 Å². The van der Waals surface area contributed by atoms with Gasteiger partial charge in [-0.15, -0.1) is 11.3 Å². The molecule has 0 saturated heterocycles. The zero-order valence-electron chi connectivity index (χ0n) is 18.8. The van der Waals surface area contributed by atoms with Crippen molar-refractivity contribution in [2.75, 3.05) is 5.32 Å². The van der Waals surface area contributed by atoms with Gasteiger partial charge in [0.25, 0.3) is 5.91 Å². The van der Waals surface area contributed by atoms with E-state index in [1.54, 1.807) is 6.20 Å². The molecular formula is C25H24N4O3S2. The molecule has 0 spiro atoms. The molecule has 4 aromatic rings. The first-order valence-electron chi connectivity index (χ1n) is 10.7. The van der Waals surface area contributed by atoms with Gasteiger partial charge in [0, 0.05) is 29.7 Å². The summed E-state index contributed by atoms with van der Waals surface area (Å²) in [5.74, 6) is -0.365. The largest absolute Gasteiger partial charge is 0.298 e. The van der Waals surface area contributed by atoms with Crippen molar-refractivity contribution in [1.82, 2.24) is 14.3 Å². The van der Waals surface area contributed by atoms with E-state index in [9.17, 15) is 13.2 Å². The molecule has 2 aromatic carbocycles. The number of hydrogen-bond donors (Lipinski definition) is 1. The third-order valence-corrected chi connectivity index (χ3v) is 7.93. The summed E-state index contributed by atoms with van der Waals surface area (Å²) in [7, 11) is -3.74. The molecule has 0 unspecified atom stereocenters. The van der Waals surface area contributed by atoms with Gasteiger partial charge in [-0.2, -0.15) is 4.31 Å². The molecule has 174 valence electrons. The van der Waals surface area contributed by atoms with E-state index in [1.807, 2.05) is 67.8 Å². The average Bonchev–Trinajstić information content (AvgIpc) is 3.32. The molecule has 2 heterocycles. The standard InChI is InChI=1S/C25H24N4O3S2/c1-18(2)29(16-19-8-4-3-5-9-19)34(31,32)21-13-11-20(12-14-21)24(30)28-25-27-23(17-33-25)22-10-6-7-15-26-22/h3-15,17-18H,16H2,1-2H3,(H,27,28,30). The first-order chi connectivity index (χ1) is 16.3. The molecule has 0 bridgehead atoms. The van der Waals surface area contributed by atoms with Crippen LogP contribution in [-0.4, -0.2) is 34.6 Å². The summed E-state index contributed by atoms with van der Waals surface area (Å²) in [5.41, 5.74) is 2.64. The van der Waals surface area contributed by atoms with Crippen molar-refractivity contribution >= 4 is 32.4 Å². The maximum Gasteiger partial charge on any atom is 0.257 e. The van der Waals surface area contributed by atoms with Crippen molar-refractivity contribution in [3.8, 4) is 11.4 Å². The van der Waals surface area contributed by atoms with Gasteiger partial charge in [-0.25, -0.2) is 13.4 Å². The highest BCUT2D eigenvalue weighted by Crippen LogP contribution is 2.25. The first-order valence-corrected chi connectivity index (χ1v) is 13.0. The number of hydrogen-bond acceptors (Lipinski definition) is 6. The van der Waals surface area contributed by atoms with Crippen LogP contribution in [0.3, 0.4) is 0 Å². The number of carbonyl (C=O) groups excluding carboxylic acids is 1. The molecule has 0 fully saturated rings. The Kier molecular flexibility index (Phi) is 7.16. The average molecular weight is 493 g/mol. The Morgan fingerprint density at radius 1 is 0.971 bits per heavy atom. The summed E-state index contributed by atoms with van der Waals surface area (Å²) in [4.78, 5) is 21.5. The topological polar surface area (TPSA) is 92.3 Å². The second-order valence-corrected chi connectivity index (χ2v) is 10.6. The third-order valence-electron chi connectivity index (χ3n) is 5.13. The predicted molar refractivity (Wildman–Crippen MR) is 134 cm³/mol. The van der Waals surface area contributed by atoms with Gasteiger partial charge < -0.3 is 0 Å². The minimum atomic E-state index is -3.74. The normalized spacial score (nSPS) is 11.6. The summed E-state index contributed by atoms with van der Waals surface area (Å²) >= 11 is 1.30. The predicted octanol–water partition coefficient (Wildman–Crippen LogP) is 5.06. The lowest BCUT2D eigenvalue weighted by atomic mass is 10.2. The minimum absolute atomic E-state index is 0.139. The molecular weight excluding hydrogens is 468 g/mol. The number of amides is 1. The lowest BCUT2D eigenvalue weighted by Gasteiger charge is -2.26. The quantitative estimate of drug-likeness (QED) is 0.371. The van der Waals surface area contributed by atoms with Crippen LogP contribution in [0.4, 0.5) is 5.13 Å². The molecule has 0 aliphatic heterocycles. The zero-order chi connectivity index (χ0) is 24.1. The van der Waals surface area contributed by atoms with Gasteiger partial charge in [-0.1, -0.05) is 36.4 Å².